The van der Waals surface area contributed by atoms with Gasteiger partial charge in [-0.2, -0.15) is 0 Å². The zero-order valence-corrected chi connectivity index (χ0v) is 12.5. The van der Waals surface area contributed by atoms with E-state index in [1.165, 1.54) is 37.3 Å². The van der Waals surface area contributed by atoms with Gasteiger partial charge in [0, 0.05) is 6.61 Å². The molecule has 0 amide bonds. The van der Waals surface area contributed by atoms with Gasteiger partial charge in [-0.3, -0.25) is 0 Å². The Labute approximate surface area is 107 Å². The normalized spacial score (nSPS) is 11.7. The summed E-state index contributed by atoms with van der Waals surface area (Å²) < 4.78 is 6.13. The minimum atomic E-state index is -1.65. The third-order valence-electron chi connectivity index (χ3n) is 3.18. The molecule has 0 N–H and O–H groups in total. The quantitative estimate of drug-likeness (QED) is 0.499. The van der Waals surface area contributed by atoms with Crippen LogP contribution in [0.25, 0.3) is 0 Å². The average Bonchev–Trinajstić information content (AvgIpc) is 2.35. The van der Waals surface area contributed by atoms with Crippen LogP contribution in [0.3, 0.4) is 0 Å². The number of hydrogen-bond donors (Lipinski definition) is 0. The molecule has 0 unspecified atom stereocenters. The van der Waals surface area contributed by atoms with Crippen molar-refractivity contribution in [1.82, 2.24) is 0 Å². The summed E-state index contributed by atoms with van der Waals surface area (Å²) in [5, 5.41) is 1.40. The Bertz CT molecular complexity index is 295. The number of hydrogen-bond acceptors (Lipinski definition) is 1. The summed E-state index contributed by atoms with van der Waals surface area (Å²) in [6.07, 6.45) is 6.55. The molecular weight excluding hydrogens is 224 g/mol. The second-order valence-electron chi connectivity index (χ2n) is 5.14. The summed E-state index contributed by atoms with van der Waals surface area (Å²) in [5.74, 6) is 0. The Morgan fingerprint density at radius 2 is 1.59 bits per heavy atom. The third kappa shape index (κ3) is 5.51. The molecule has 1 nitrogen and oxygen atoms in total. The Morgan fingerprint density at radius 3 is 2.24 bits per heavy atom. The lowest BCUT2D eigenvalue weighted by atomic mass is 10.2. The molecule has 0 radical (unpaired) electrons. The van der Waals surface area contributed by atoms with Crippen LogP contribution in [0, 0.1) is 0 Å². The minimum absolute atomic E-state index is 0.928. The summed E-state index contributed by atoms with van der Waals surface area (Å²) in [6.45, 7) is 7.75. The van der Waals surface area contributed by atoms with Crippen molar-refractivity contribution in [2.45, 2.75) is 52.1 Å². The molecule has 0 saturated carbocycles. The van der Waals surface area contributed by atoms with E-state index in [1.54, 1.807) is 0 Å². The Kier molecular flexibility index (Phi) is 6.52. The molecule has 0 saturated heterocycles. The maximum atomic E-state index is 6.13. The smallest absolute Gasteiger partial charge is 0.218 e. The Morgan fingerprint density at radius 1 is 0.941 bits per heavy atom. The zero-order valence-electron chi connectivity index (χ0n) is 11.5. The van der Waals surface area contributed by atoms with Gasteiger partial charge in [0.05, 0.1) is 0 Å². The Balaban J connectivity index is 2.26. The van der Waals surface area contributed by atoms with Crippen LogP contribution in [-0.2, 0) is 4.43 Å². The molecule has 96 valence electrons. The lowest BCUT2D eigenvalue weighted by molar-refractivity contribution is 0.302. The van der Waals surface area contributed by atoms with E-state index in [0.29, 0.717) is 0 Å². The molecule has 0 aliphatic rings. The summed E-state index contributed by atoms with van der Waals surface area (Å²) >= 11 is 0. The van der Waals surface area contributed by atoms with Gasteiger partial charge >= 0.3 is 0 Å². The molecule has 0 spiro atoms. The molecule has 1 rings (SSSR count). The van der Waals surface area contributed by atoms with Gasteiger partial charge in [0.15, 0.2) is 0 Å². The van der Waals surface area contributed by atoms with Crippen LogP contribution in [0.5, 0.6) is 0 Å². The van der Waals surface area contributed by atoms with Gasteiger partial charge in [0.1, 0.15) is 0 Å². The predicted molar refractivity (Wildman–Crippen MR) is 78.3 cm³/mol. The second kappa shape index (κ2) is 7.67. The lowest BCUT2D eigenvalue weighted by Crippen LogP contribution is -2.44. The highest BCUT2D eigenvalue weighted by Crippen LogP contribution is 2.08. The molecule has 0 fully saturated rings. The van der Waals surface area contributed by atoms with E-state index < -0.39 is 8.32 Å². The molecule has 0 aliphatic heterocycles. The van der Waals surface area contributed by atoms with Crippen molar-refractivity contribution < 1.29 is 4.43 Å². The van der Waals surface area contributed by atoms with Gasteiger partial charge < -0.3 is 4.43 Å². The van der Waals surface area contributed by atoms with Crippen molar-refractivity contribution >= 4 is 13.5 Å². The van der Waals surface area contributed by atoms with Crippen molar-refractivity contribution in [3.05, 3.63) is 30.3 Å². The summed E-state index contributed by atoms with van der Waals surface area (Å²) in [4.78, 5) is 0. The summed E-state index contributed by atoms with van der Waals surface area (Å²) in [5.41, 5.74) is 0. The van der Waals surface area contributed by atoms with E-state index in [0.717, 1.165) is 6.61 Å². The first-order chi connectivity index (χ1) is 8.17. The molecule has 1 aromatic carbocycles. The van der Waals surface area contributed by atoms with Crippen molar-refractivity contribution in [3.63, 3.8) is 0 Å². The van der Waals surface area contributed by atoms with Crippen molar-refractivity contribution in [2.75, 3.05) is 6.61 Å². The number of rotatable bonds is 8. The van der Waals surface area contributed by atoms with Crippen LogP contribution < -0.4 is 5.19 Å². The molecule has 0 atom stereocenters. The van der Waals surface area contributed by atoms with E-state index in [9.17, 15) is 0 Å². The second-order valence-corrected chi connectivity index (χ2v) is 9.03. The van der Waals surface area contributed by atoms with E-state index >= 15 is 0 Å². The molecule has 2 heteroatoms. The van der Waals surface area contributed by atoms with E-state index in [4.69, 9.17) is 4.43 Å². The third-order valence-corrected chi connectivity index (χ3v) is 5.83. The molecule has 0 heterocycles. The van der Waals surface area contributed by atoms with Crippen LogP contribution in [-0.4, -0.2) is 14.9 Å². The van der Waals surface area contributed by atoms with E-state index in [2.05, 4.69) is 50.3 Å². The highest BCUT2D eigenvalue weighted by atomic mass is 28.4. The molecule has 0 aliphatic carbocycles. The van der Waals surface area contributed by atoms with Crippen LogP contribution in [0.4, 0.5) is 0 Å². The van der Waals surface area contributed by atoms with Gasteiger partial charge in [0.2, 0.25) is 8.32 Å². The molecular formula is C15H26OSi. The van der Waals surface area contributed by atoms with Gasteiger partial charge in [-0.15, -0.1) is 0 Å². The topological polar surface area (TPSA) is 9.23 Å². The molecule has 1 aromatic rings. The first kappa shape index (κ1) is 14.5. The van der Waals surface area contributed by atoms with Gasteiger partial charge in [-0.25, -0.2) is 0 Å². The largest absolute Gasteiger partial charge is 0.413 e. The first-order valence-corrected chi connectivity index (χ1v) is 9.77. The Hall–Kier alpha value is -0.603. The van der Waals surface area contributed by atoms with E-state index in [1.807, 2.05) is 0 Å². The van der Waals surface area contributed by atoms with Crippen molar-refractivity contribution in [3.8, 4) is 0 Å². The molecule has 17 heavy (non-hydrogen) atoms. The standard InChI is InChI=1S/C15H26OSi/c1-4-5-6-7-11-14-16-17(2,3)15-12-9-8-10-13-15/h8-10,12-13H,4-7,11,14H2,1-3H3. The highest BCUT2D eigenvalue weighted by Gasteiger charge is 2.24. The van der Waals surface area contributed by atoms with Crippen LogP contribution in [0.1, 0.15) is 39.0 Å². The monoisotopic (exact) mass is 250 g/mol. The van der Waals surface area contributed by atoms with Crippen LogP contribution in [0.15, 0.2) is 30.3 Å². The maximum absolute atomic E-state index is 6.13. The SMILES string of the molecule is CCCCCCCO[Si](C)(C)c1ccccc1. The van der Waals surface area contributed by atoms with E-state index in [-0.39, 0.29) is 0 Å². The van der Waals surface area contributed by atoms with Crippen molar-refractivity contribution in [1.29, 1.82) is 0 Å². The molecule has 0 bridgehead atoms. The summed E-state index contributed by atoms with van der Waals surface area (Å²) in [6, 6.07) is 10.7. The fourth-order valence-electron chi connectivity index (χ4n) is 1.96. The first-order valence-electron chi connectivity index (χ1n) is 6.86. The van der Waals surface area contributed by atoms with Gasteiger partial charge in [-0.1, -0.05) is 62.9 Å². The maximum Gasteiger partial charge on any atom is 0.218 e. The lowest BCUT2D eigenvalue weighted by Gasteiger charge is -2.23. The predicted octanol–water partition coefficient (Wildman–Crippen LogP) is 4.09. The van der Waals surface area contributed by atoms with Gasteiger partial charge in [0.25, 0.3) is 0 Å². The fraction of sp³-hybridized carbons (Fsp3) is 0.600. The van der Waals surface area contributed by atoms with Crippen molar-refractivity contribution in [2.24, 2.45) is 0 Å². The van der Waals surface area contributed by atoms with Crippen LogP contribution in [0.2, 0.25) is 13.1 Å². The average molecular weight is 250 g/mol. The number of benzene rings is 1. The highest BCUT2D eigenvalue weighted by molar-refractivity contribution is 6.84. The molecule has 0 aromatic heterocycles. The minimum Gasteiger partial charge on any atom is -0.413 e. The fourth-order valence-corrected chi connectivity index (χ4v) is 3.77. The number of unbranched alkanes of at least 4 members (excludes halogenated alkanes) is 4. The zero-order chi connectivity index (χ0) is 12.6. The van der Waals surface area contributed by atoms with Gasteiger partial charge in [-0.05, 0) is 24.7 Å². The van der Waals surface area contributed by atoms with Crippen LogP contribution >= 0.6 is 0 Å². The summed E-state index contributed by atoms with van der Waals surface area (Å²) in [7, 11) is -1.65.